The van der Waals surface area contributed by atoms with Crippen LogP contribution in [0.15, 0.2) is 59.6 Å². The molecule has 22 heavy (non-hydrogen) atoms. The van der Waals surface area contributed by atoms with Crippen molar-refractivity contribution in [2.24, 2.45) is 4.99 Å². The van der Waals surface area contributed by atoms with Gasteiger partial charge in [-0.1, -0.05) is 55.5 Å². The molecule has 1 fully saturated rings. The Hall–Kier alpha value is -2.09. The van der Waals surface area contributed by atoms with Gasteiger partial charge in [-0.05, 0) is 29.0 Å². The molecule has 0 aromatic heterocycles. The van der Waals surface area contributed by atoms with E-state index in [2.05, 4.69) is 60.5 Å². The van der Waals surface area contributed by atoms with Crippen molar-refractivity contribution in [3.05, 3.63) is 65.8 Å². The first-order chi connectivity index (χ1) is 10.8. The zero-order valence-electron chi connectivity index (χ0n) is 12.2. The molecular formula is C19H15NOS. The quantitative estimate of drug-likeness (QED) is 0.463. The third-order valence-electron chi connectivity index (χ3n) is 4.50. The summed E-state index contributed by atoms with van der Waals surface area (Å²) in [6.45, 7) is 2.13. The van der Waals surface area contributed by atoms with E-state index in [1.807, 2.05) is 17.8 Å². The lowest BCUT2D eigenvalue weighted by Gasteiger charge is -2.17. The van der Waals surface area contributed by atoms with Gasteiger partial charge in [0.25, 0.3) is 0 Å². The fourth-order valence-electron chi connectivity index (χ4n) is 3.40. The summed E-state index contributed by atoms with van der Waals surface area (Å²) >= 11 is 1.97. The second-order valence-corrected chi connectivity index (χ2v) is 7.02. The molecule has 0 amide bonds. The summed E-state index contributed by atoms with van der Waals surface area (Å²) in [5.41, 5.74) is 3.26. The number of benzene rings is 2. The number of hydrogen-bond donors (Lipinski definition) is 0. The van der Waals surface area contributed by atoms with Gasteiger partial charge in [0.1, 0.15) is 0 Å². The maximum absolute atomic E-state index is 10.8. The minimum absolute atomic E-state index is 0.0583. The highest BCUT2D eigenvalue weighted by Crippen LogP contribution is 2.65. The zero-order chi connectivity index (χ0) is 15.2. The average Bonchev–Trinajstić information content (AvgIpc) is 3.30. The number of carbonyl (C=O) groups excluding carboxylic acids is 1. The molecule has 0 spiro atoms. The first-order valence-electron chi connectivity index (χ1n) is 7.47. The SMILES string of the molecule is CCc1cccc2c(C34C=CC=CC3S4)ccc(N=C=O)c12. The van der Waals surface area contributed by atoms with E-state index in [1.54, 1.807) is 6.08 Å². The van der Waals surface area contributed by atoms with Crippen LogP contribution in [0.2, 0.25) is 0 Å². The third-order valence-corrected chi connectivity index (χ3v) is 6.03. The van der Waals surface area contributed by atoms with Crippen molar-refractivity contribution in [2.75, 3.05) is 0 Å². The molecule has 108 valence electrons. The Morgan fingerprint density at radius 1 is 1.27 bits per heavy atom. The number of isocyanates is 1. The van der Waals surface area contributed by atoms with Gasteiger partial charge in [-0.3, -0.25) is 0 Å². The largest absolute Gasteiger partial charge is 0.240 e. The molecule has 2 aliphatic rings. The van der Waals surface area contributed by atoms with Crippen LogP contribution in [0.1, 0.15) is 18.1 Å². The summed E-state index contributed by atoms with van der Waals surface area (Å²) in [6.07, 6.45) is 11.4. The number of aliphatic imine (C=N–C) groups is 1. The Labute approximate surface area is 133 Å². The topological polar surface area (TPSA) is 29.4 Å². The molecular weight excluding hydrogens is 290 g/mol. The van der Waals surface area contributed by atoms with Gasteiger partial charge < -0.3 is 0 Å². The van der Waals surface area contributed by atoms with Crippen molar-refractivity contribution in [3.63, 3.8) is 0 Å². The number of nitrogens with zero attached hydrogens (tertiary/aromatic N) is 1. The predicted octanol–water partition coefficient (Wildman–Crippen LogP) is 4.81. The number of allylic oxidation sites excluding steroid dienone is 2. The second kappa shape index (κ2) is 4.98. The lowest BCUT2D eigenvalue weighted by molar-refractivity contribution is 0.565. The van der Waals surface area contributed by atoms with Crippen LogP contribution in [0, 0.1) is 0 Å². The summed E-state index contributed by atoms with van der Waals surface area (Å²) in [4.78, 5) is 14.7. The van der Waals surface area contributed by atoms with Gasteiger partial charge in [0.05, 0.1) is 10.4 Å². The Balaban J connectivity index is 2.03. The molecule has 1 heterocycles. The predicted molar refractivity (Wildman–Crippen MR) is 92.4 cm³/mol. The first kappa shape index (κ1) is 13.6. The van der Waals surface area contributed by atoms with Crippen molar-refractivity contribution in [3.8, 4) is 0 Å². The summed E-state index contributed by atoms with van der Waals surface area (Å²) in [5.74, 6) is 0. The monoisotopic (exact) mass is 305 g/mol. The molecule has 1 aliphatic carbocycles. The molecule has 2 aromatic rings. The van der Waals surface area contributed by atoms with Crippen LogP contribution in [0.5, 0.6) is 0 Å². The zero-order valence-corrected chi connectivity index (χ0v) is 13.1. The van der Waals surface area contributed by atoms with E-state index in [4.69, 9.17) is 0 Å². The summed E-state index contributed by atoms with van der Waals surface area (Å²) in [5, 5.41) is 2.81. The Bertz CT molecular complexity index is 876. The van der Waals surface area contributed by atoms with Crippen molar-refractivity contribution < 1.29 is 4.79 Å². The van der Waals surface area contributed by atoms with E-state index < -0.39 is 0 Å². The van der Waals surface area contributed by atoms with Gasteiger partial charge in [0.15, 0.2) is 0 Å². The van der Waals surface area contributed by atoms with E-state index >= 15 is 0 Å². The smallest absolute Gasteiger partial charge is 0.211 e. The molecule has 2 nitrogen and oxygen atoms in total. The van der Waals surface area contributed by atoms with E-state index in [0.29, 0.717) is 5.25 Å². The highest BCUT2D eigenvalue weighted by Gasteiger charge is 2.54. The van der Waals surface area contributed by atoms with E-state index in [0.717, 1.165) is 17.5 Å². The third kappa shape index (κ3) is 1.83. The van der Waals surface area contributed by atoms with Crippen LogP contribution in [0.4, 0.5) is 5.69 Å². The van der Waals surface area contributed by atoms with E-state index in [-0.39, 0.29) is 4.75 Å². The van der Waals surface area contributed by atoms with Crippen LogP contribution in [-0.4, -0.2) is 11.3 Å². The Kier molecular flexibility index (Phi) is 3.07. The summed E-state index contributed by atoms with van der Waals surface area (Å²) in [6, 6.07) is 10.4. The molecule has 2 aromatic carbocycles. The minimum Gasteiger partial charge on any atom is -0.211 e. The number of fused-ring (bicyclic) bond motifs is 2. The fraction of sp³-hybridized carbons (Fsp3) is 0.211. The molecule has 0 radical (unpaired) electrons. The molecule has 1 saturated heterocycles. The maximum Gasteiger partial charge on any atom is 0.240 e. The van der Waals surface area contributed by atoms with Gasteiger partial charge in [-0.25, -0.2) is 4.79 Å². The first-order valence-corrected chi connectivity index (χ1v) is 8.35. The molecule has 2 atom stereocenters. The number of thioether (sulfide) groups is 1. The Morgan fingerprint density at radius 3 is 2.95 bits per heavy atom. The van der Waals surface area contributed by atoms with Crippen molar-refractivity contribution in [1.29, 1.82) is 0 Å². The number of aryl methyl sites for hydroxylation is 1. The molecule has 0 bridgehead atoms. The van der Waals surface area contributed by atoms with Gasteiger partial charge in [-0.2, -0.15) is 4.99 Å². The molecule has 1 aliphatic heterocycles. The van der Waals surface area contributed by atoms with Crippen molar-refractivity contribution in [1.82, 2.24) is 0 Å². The lowest BCUT2D eigenvalue weighted by Crippen LogP contribution is -2.10. The maximum atomic E-state index is 10.8. The van der Waals surface area contributed by atoms with E-state index in [9.17, 15) is 4.79 Å². The van der Waals surface area contributed by atoms with Crippen LogP contribution in [0.25, 0.3) is 10.8 Å². The van der Waals surface area contributed by atoms with Crippen LogP contribution in [0.3, 0.4) is 0 Å². The fourth-order valence-corrected chi connectivity index (χ4v) is 4.67. The van der Waals surface area contributed by atoms with Crippen molar-refractivity contribution in [2.45, 2.75) is 23.3 Å². The summed E-state index contributed by atoms with van der Waals surface area (Å²) < 4.78 is 0.0583. The number of rotatable bonds is 3. The second-order valence-electron chi connectivity index (χ2n) is 5.60. The average molecular weight is 305 g/mol. The minimum atomic E-state index is 0.0583. The van der Waals surface area contributed by atoms with Crippen LogP contribution >= 0.6 is 11.8 Å². The normalized spacial score (nSPS) is 24.9. The van der Waals surface area contributed by atoms with Crippen molar-refractivity contribution >= 4 is 34.3 Å². The van der Waals surface area contributed by atoms with Gasteiger partial charge in [-0.15, -0.1) is 11.8 Å². The van der Waals surface area contributed by atoms with E-state index in [1.165, 1.54) is 16.5 Å². The highest BCUT2D eigenvalue weighted by molar-refractivity contribution is 8.08. The molecule has 3 heteroatoms. The molecule has 0 N–H and O–H groups in total. The van der Waals surface area contributed by atoms with Gasteiger partial charge >= 0.3 is 0 Å². The molecule has 0 saturated carbocycles. The van der Waals surface area contributed by atoms with Crippen LogP contribution in [-0.2, 0) is 16.0 Å². The van der Waals surface area contributed by atoms with Gasteiger partial charge in [0, 0.05) is 10.6 Å². The Morgan fingerprint density at radius 2 is 2.18 bits per heavy atom. The lowest BCUT2D eigenvalue weighted by atomic mass is 9.87. The highest BCUT2D eigenvalue weighted by atomic mass is 32.2. The molecule has 4 rings (SSSR count). The van der Waals surface area contributed by atoms with Crippen LogP contribution < -0.4 is 0 Å². The summed E-state index contributed by atoms with van der Waals surface area (Å²) in [7, 11) is 0. The molecule has 2 unspecified atom stereocenters. The standard InChI is InChI=1S/C19H15NOS/c1-2-13-6-5-7-14-15(9-10-16(18(13)14)20-12-21)19-11-4-3-8-17(19)22-19/h3-11,17H,2H2,1H3. The number of hydrogen-bond acceptors (Lipinski definition) is 3. The van der Waals surface area contributed by atoms with Gasteiger partial charge in [0.2, 0.25) is 6.08 Å².